The number of aliphatic hydroxyl groups is 1. The van der Waals surface area contributed by atoms with Gasteiger partial charge in [-0.3, -0.25) is 14.4 Å². The third kappa shape index (κ3) is 8.32. The molecule has 254 valence electrons. The third-order valence-electron chi connectivity index (χ3n) is 8.82. The Balaban J connectivity index is 0.00000500. The zero-order chi connectivity index (χ0) is 32.8. The average Bonchev–Trinajstić information content (AvgIpc) is 3.74. The van der Waals surface area contributed by atoms with E-state index in [9.17, 15) is 19.5 Å². The van der Waals surface area contributed by atoms with Gasteiger partial charge in [-0.1, -0.05) is 57.0 Å². The van der Waals surface area contributed by atoms with E-state index in [1.54, 1.807) is 22.3 Å². The molecule has 4 N–H and O–H groups in total. The summed E-state index contributed by atoms with van der Waals surface area (Å²) in [7, 11) is 0. The number of benzene rings is 2. The number of amides is 3. The monoisotopic (exact) mass is 683 g/mol. The Hall–Kier alpha value is -3.51. The highest BCUT2D eigenvalue weighted by atomic mass is 35.5. The Labute approximate surface area is 287 Å². The smallest absolute Gasteiger partial charge is 0.255 e. The Bertz CT molecular complexity index is 1550. The number of carbonyl (C=O) groups is 3. The lowest BCUT2D eigenvalue weighted by Gasteiger charge is -2.35. The van der Waals surface area contributed by atoms with Crippen molar-refractivity contribution in [3.63, 3.8) is 0 Å². The molecule has 0 unspecified atom stereocenters. The van der Waals surface area contributed by atoms with Gasteiger partial charge >= 0.3 is 0 Å². The number of rotatable bonds is 14. The molecule has 3 aromatic rings. The van der Waals surface area contributed by atoms with Gasteiger partial charge in [0.25, 0.3) is 5.91 Å². The summed E-state index contributed by atoms with van der Waals surface area (Å²) in [5.41, 5.74) is 11.7. The van der Waals surface area contributed by atoms with Gasteiger partial charge in [0.1, 0.15) is 17.8 Å². The van der Waals surface area contributed by atoms with E-state index in [1.807, 2.05) is 62.7 Å². The summed E-state index contributed by atoms with van der Waals surface area (Å²) < 4.78 is 6.24. The van der Waals surface area contributed by atoms with Gasteiger partial charge in [-0.2, -0.15) is 0 Å². The molecule has 3 atom stereocenters. The number of halogens is 1. The molecule has 1 aromatic heterocycles. The summed E-state index contributed by atoms with van der Waals surface area (Å²) in [6.45, 7) is 7.58. The number of β-amino-alcohol motifs (C(OH)–C–C–N with tert-alkyl or cyclic N) is 1. The van der Waals surface area contributed by atoms with Gasteiger partial charge < -0.3 is 30.7 Å². The van der Waals surface area contributed by atoms with Crippen LogP contribution in [0.25, 0.3) is 10.4 Å². The fourth-order valence-electron chi connectivity index (χ4n) is 6.39. The van der Waals surface area contributed by atoms with Crippen LogP contribution in [-0.4, -0.2) is 75.5 Å². The summed E-state index contributed by atoms with van der Waals surface area (Å²) in [5, 5.41) is 13.6. The van der Waals surface area contributed by atoms with Crippen LogP contribution in [-0.2, 0) is 22.7 Å². The van der Waals surface area contributed by atoms with Crippen molar-refractivity contribution in [2.24, 2.45) is 11.7 Å². The van der Waals surface area contributed by atoms with Gasteiger partial charge in [-0.15, -0.1) is 23.7 Å². The number of aryl methyl sites for hydroxylation is 1. The van der Waals surface area contributed by atoms with Crippen molar-refractivity contribution in [3.05, 3.63) is 70.4 Å². The van der Waals surface area contributed by atoms with Gasteiger partial charge in [0.2, 0.25) is 11.8 Å². The van der Waals surface area contributed by atoms with E-state index in [4.69, 9.17) is 10.5 Å². The standard InChI is InChI=1S/C35H45N5O5S.ClH/c1-22(2)31(40-19-26-10-6-7-11-28(26)34(40)43)35(44)39-20-27(41)17-29(39)33(42)37-18-25-13-12-24(32-23(3)38-21-46-32)16-30(25)45-15-9-5-4-8-14-36;/h6-7,10-13,16,21-22,27,29,31,41H,4-5,8-9,14-15,17-20,36H2,1-3H3,(H,37,42);1H/t27-,29+,31+;/m1./s1. The van der Waals surface area contributed by atoms with Crippen LogP contribution in [0.3, 0.4) is 0 Å². The highest BCUT2D eigenvalue weighted by molar-refractivity contribution is 7.13. The fraction of sp³-hybridized carbons (Fsp3) is 0.486. The van der Waals surface area contributed by atoms with Crippen molar-refractivity contribution in [1.82, 2.24) is 20.1 Å². The minimum atomic E-state index is -0.852. The van der Waals surface area contributed by atoms with Crippen molar-refractivity contribution < 1.29 is 24.2 Å². The molecular formula is C35H46ClN5O5S. The molecule has 2 aromatic carbocycles. The van der Waals surface area contributed by atoms with Gasteiger partial charge in [-0.25, -0.2) is 4.98 Å². The number of hydrogen-bond donors (Lipinski definition) is 3. The highest BCUT2D eigenvalue weighted by Gasteiger charge is 2.45. The second-order valence-electron chi connectivity index (χ2n) is 12.5. The number of nitrogens with zero attached hydrogens (tertiary/aromatic N) is 3. The lowest BCUT2D eigenvalue weighted by molar-refractivity contribution is -0.143. The molecule has 3 heterocycles. The van der Waals surface area contributed by atoms with Gasteiger partial charge in [-0.05, 0) is 55.5 Å². The first-order chi connectivity index (χ1) is 22.2. The first-order valence-electron chi connectivity index (χ1n) is 16.2. The van der Waals surface area contributed by atoms with Crippen LogP contribution in [0.1, 0.15) is 73.1 Å². The van der Waals surface area contributed by atoms with E-state index in [0.29, 0.717) is 31.0 Å². The minimum Gasteiger partial charge on any atom is -0.493 e. The number of nitrogens with one attached hydrogen (secondary N) is 1. The maximum atomic E-state index is 14.1. The maximum Gasteiger partial charge on any atom is 0.255 e. The average molecular weight is 684 g/mol. The van der Waals surface area contributed by atoms with Crippen molar-refractivity contribution in [2.45, 2.75) is 84.2 Å². The van der Waals surface area contributed by atoms with E-state index in [-0.39, 0.29) is 55.6 Å². The minimum absolute atomic E-state index is 0. The lowest BCUT2D eigenvalue weighted by atomic mass is 10.0. The quantitative estimate of drug-likeness (QED) is 0.210. The Kier molecular flexibility index (Phi) is 12.8. The van der Waals surface area contributed by atoms with E-state index >= 15 is 0 Å². The van der Waals surface area contributed by atoms with Crippen LogP contribution < -0.4 is 15.8 Å². The van der Waals surface area contributed by atoms with Gasteiger partial charge in [0.15, 0.2) is 0 Å². The molecule has 10 nitrogen and oxygen atoms in total. The maximum absolute atomic E-state index is 14.1. The van der Waals surface area contributed by atoms with E-state index in [2.05, 4.69) is 10.3 Å². The summed E-state index contributed by atoms with van der Waals surface area (Å²) in [4.78, 5) is 49.5. The first kappa shape index (κ1) is 36.3. The van der Waals surface area contributed by atoms with Crippen molar-refractivity contribution >= 4 is 41.5 Å². The molecular weight excluding hydrogens is 638 g/mol. The van der Waals surface area contributed by atoms with Crippen LogP contribution in [0.4, 0.5) is 0 Å². The van der Waals surface area contributed by atoms with Crippen LogP contribution in [0.15, 0.2) is 48.0 Å². The molecule has 3 amide bonds. The van der Waals surface area contributed by atoms with E-state index in [0.717, 1.165) is 52.9 Å². The zero-order valence-corrected chi connectivity index (χ0v) is 28.9. The number of thiazole rings is 1. The second-order valence-corrected chi connectivity index (χ2v) is 13.4. The fourth-order valence-corrected chi connectivity index (χ4v) is 7.20. The first-order valence-corrected chi connectivity index (χ1v) is 17.1. The molecule has 0 bridgehead atoms. The number of hydrogen-bond acceptors (Lipinski definition) is 8. The third-order valence-corrected chi connectivity index (χ3v) is 9.80. The highest BCUT2D eigenvalue weighted by Crippen LogP contribution is 2.33. The van der Waals surface area contributed by atoms with Crippen LogP contribution in [0, 0.1) is 12.8 Å². The largest absolute Gasteiger partial charge is 0.493 e. The Morgan fingerprint density at radius 3 is 2.62 bits per heavy atom. The molecule has 47 heavy (non-hydrogen) atoms. The molecule has 1 fully saturated rings. The normalized spacial score (nSPS) is 17.9. The number of aromatic nitrogens is 1. The van der Waals surface area contributed by atoms with Gasteiger partial charge in [0, 0.05) is 37.2 Å². The van der Waals surface area contributed by atoms with Gasteiger partial charge in [0.05, 0.1) is 28.8 Å². The Morgan fingerprint density at radius 1 is 1.15 bits per heavy atom. The Morgan fingerprint density at radius 2 is 1.91 bits per heavy atom. The molecule has 0 saturated carbocycles. The number of fused-ring (bicyclic) bond motifs is 1. The number of ether oxygens (including phenoxy) is 1. The topological polar surface area (TPSA) is 138 Å². The van der Waals surface area contributed by atoms with Crippen LogP contribution in [0.5, 0.6) is 5.75 Å². The summed E-state index contributed by atoms with van der Waals surface area (Å²) >= 11 is 1.57. The zero-order valence-electron chi connectivity index (χ0n) is 27.3. The molecule has 0 aliphatic carbocycles. The predicted octanol–water partition coefficient (Wildman–Crippen LogP) is 4.70. The molecule has 1 saturated heterocycles. The second kappa shape index (κ2) is 16.5. The van der Waals surface area contributed by atoms with Crippen molar-refractivity contribution in [1.29, 1.82) is 0 Å². The summed E-state index contributed by atoms with van der Waals surface area (Å²) in [6.07, 6.45) is 3.27. The number of aliphatic hydroxyl groups excluding tert-OH is 1. The predicted molar refractivity (Wildman–Crippen MR) is 185 cm³/mol. The SMILES string of the molecule is Cc1ncsc1-c1ccc(CNC(=O)[C@@H]2C[C@@H](O)CN2C(=O)[C@H](C(C)C)N2Cc3ccccc3C2=O)c(OCCCCCCN)c1.Cl. The summed E-state index contributed by atoms with van der Waals surface area (Å²) in [6, 6.07) is 11.7. The van der Waals surface area contributed by atoms with Crippen LogP contribution >= 0.6 is 23.7 Å². The number of carbonyl (C=O) groups excluding carboxylic acids is 3. The molecule has 2 aliphatic heterocycles. The molecule has 0 radical (unpaired) electrons. The van der Waals surface area contributed by atoms with Crippen molar-refractivity contribution in [2.75, 3.05) is 19.7 Å². The molecule has 2 aliphatic rings. The number of nitrogens with two attached hydrogens (primary N) is 1. The summed E-state index contributed by atoms with van der Waals surface area (Å²) in [5.74, 6) is -0.361. The van der Waals surface area contributed by atoms with Crippen molar-refractivity contribution in [3.8, 4) is 16.2 Å². The van der Waals surface area contributed by atoms with E-state index < -0.39 is 18.2 Å². The molecule has 12 heteroatoms. The number of likely N-dealkylation sites (tertiary alicyclic amines) is 1. The molecule has 5 rings (SSSR count). The lowest BCUT2D eigenvalue weighted by Crippen LogP contribution is -2.55. The van der Waals surface area contributed by atoms with Crippen LogP contribution in [0.2, 0.25) is 0 Å². The molecule has 0 spiro atoms. The van der Waals surface area contributed by atoms with E-state index in [1.165, 1.54) is 4.90 Å². The number of unbranched alkanes of at least 4 members (excludes halogenated alkanes) is 3.